The van der Waals surface area contributed by atoms with Gasteiger partial charge < -0.3 is 5.73 Å². The maximum absolute atomic E-state index is 6.04. The van der Waals surface area contributed by atoms with Crippen LogP contribution in [0.5, 0.6) is 0 Å². The SMILES string of the molecule is CCc1ccc(C)cc1CC(C)(C)N. The van der Waals surface area contributed by atoms with Gasteiger partial charge in [-0.15, -0.1) is 0 Å². The lowest BCUT2D eigenvalue weighted by atomic mass is 9.91. The van der Waals surface area contributed by atoms with Crippen LogP contribution in [-0.2, 0) is 12.8 Å². The molecule has 14 heavy (non-hydrogen) atoms. The Balaban J connectivity index is 2.99. The molecule has 1 nitrogen and oxygen atoms in total. The Bertz CT molecular complexity index is 308. The van der Waals surface area contributed by atoms with Gasteiger partial charge in [0.1, 0.15) is 0 Å². The minimum atomic E-state index is -0.113. The van der Waals surface area contributed by atoms with Gasteiger partial charge in [0.2, 0.25) is 0 Å². The lowest BCUT2D eigenvalue weighted by molar-refractivity contribution is 0.514. The molecular weight excluding hydrogens is 170 g/mol. The molecule has 0 fully saturated rings. The summed E-state index contributed by atoms with van der Waals surface area (Å²) in [6, 6.07) is 6.65. The molecule has 1 heteroatoms. The third-order valence-electron chi connectivity index (χ3n) is 2.39. The molecule has 0 aromatic heterocycles. The lowest BCUT2D eigenvalue weighted by Crippen LogP contribution is -2.34. The molecule has 0 saturated heterocycles. The number of aryl methyl sites for hydroxylation is 2. The minimum Gasteiger partial charge on any atom is -0.325 e. The first-order chi connectivity index (χ1) is 6.42. The van der Waals surface area contributed by atoms with E-state index in [1.165, 1.54) is 16.7 Å². The van der Waals surface area contributed by atoms with Crippen LogP contribution in [0.1, 0.15) is 37.5 Å². The second kappa shape index (κ2) is 4.14. The molecule has 2 N–H and O–H groups in total. The third-order valence-corrected chi connectivity index (χ3v) is 2.39. The lowest BCUT2D eigenvalue weighted by Gasteiger charge is -2.20. The Morgan fingerprint density at radius 3 is 2.36 bits per heavy atom. The maximum Gasteiger partial charge on any atom is 0.0138 e. The summed E-state index contributed by atoms with van der Waals surface area (Å²) in [6.45, 7) is 8.48. The first kappa shape index (κ1) is 11.3. The molecule has 1 rings (SSSR count). The van der Waals surface area contributed by atoms with Crippen LogP contribution in [0, 0.1) is 6.92 Å². The van der Waals surface area contributed by atoms with Gasteiger partial charge in [-0.2, -0.15) is 0 Å². The van der Waals surface area contributed by atoms with Crippen molar-refractivity contribution in [1.29, 1.82) is 0 Å². The van der Waals surface area contributed by atoms with Crippen molar-refractivity contribution in [1.82, 2.24) is 0 Å². The van der Waals surface area contributed by atoms with Crippen LogP contribution in [0.2, 0.25) is 0 Å². The van der Waals surface area contributed by atoms with Crippen molar-refractivity contribution < 1.29 is 0 Å². The summed E-state index contributed by atoms with van der Waals surface area (Å²) in [5.74, 6) is 0. The van der Waals surface area contributed by atoms with E-state index in [1.54, 1.807) is 0 Å². The summed E-state index contributed by atoms with van der Waals surface area (Å²) < 4.78 is 0. The highest BCUT2D eigenvalue weighted by Crippen LogP contribution is 2.17. The highest BCUT2D eigenvalue weighted by atomic mass is 14.7. The van der Waals surface area contributed by atoms with Crippen molar-refractivity contribution in [2.45, 2.75) is 46.1 Å². The molecule has 0 bridgehead atoms. The number of hydrogen-bond acceptors (Lipinski definition) is 1. The third kappa shape index (κ3) is 3.15. The van der Waals surface area contributed by atoms with Crippen LogP contribution in [0.25, 0.3) is 0 Å². The number of benzene rings is 1. The van der Waals surface area contributed by atoms with E-state index in [-0.39, 0.29) is 5.54 Å². The van der Waals surface area contributed by atoms with Crippen molar-refractivity contribution in [3.05, 3.63) is 34.9 Å². The van der Waals surface area contributed by atoms with E-state index in [1.807, 2.05) is 0 Å². The van der Waals surface area contributed by atoms with E-state index < -0.39 is 0 Å². The van der Waals surface area contributed by atoms with Gasteiger partial charge in [-0.3, -0.25) is 0 Å². The van der Waals surface area contributed by atoms with Crippen LogP contribution in [0.15, 0.2) is 18.2 Å². The summed E-state index contributed by atoms with van der Waals surface area (Å²) in [7, 11) is 0. The molecule has 0 heterocycles. The van der Waals surface area contributed by atoms with Crippen molar-refractivity contribution in [2.24, 2.45) is 5.73 Å². The monoisotopic (exact) mass is 191 g/mol. The van der Waals surface area contributed by atoms with Crippen molar-refractivity contribution in [2.75, 3.05) is 0 Å². The van der Waals surface area contributed by atoms with E-state index in [4.69, 9.17) is 5.73 Å². The molecule has 0 aliphatic heterocycles. The predicted molar refractivity (Wildman–Crippen MR) is 62.5 cm³/mol. The highest BCUT2D eigenvalue weighted by molar-refractivity contribution is 5.32. The number of hydrogen-bond donors (Lipinski definition) is 1. The minimum absolute atomic E-state index is 0.113. The number of rotatable bonds is 3. The largest absolute Gasteiger partial charge is 0.325 e. The van der Waals surface area contributed by atoms with Gasteiger partial charge in [0.15, 0.2) is 0 Å². The highest BCUT2D eigenvalue weighted by Gasteiger charge is 2.13. The number of nitrogens with two attached hydrogens (primary N) is 1. The van der Waals surface area contributed by atoms with Crippen LogP contribution in [0.4, 0.5) is 0 Å². The zero-order valence-electron chi connectivity index (χ0n) is 9.72. The quantitative estimate of drug-likeness (QED) is 0.781. The van der Waals surface area contributed by atoms with Gasteiger partial charge in [0.05, 0.1) is 0 Å². The van der Waals surface area contributed by atoms with E-state index in [2.05, 4.69) is 45.9 Å². The molecule has 0 radical (unpaired) electrons. The van der Waals surface area contributed by atoms with Gasteiger partial charge >= 0.3 is 0 Å². The van der Waals surface area contributed by atoms with Crippen molar-refractivity contribution >= 4 is 0 Å². The average Bonchev–Trinajstić information content (AvgIpc) is 2.01. The van der Waals surface area contributed by atoms with Gasteiger partial charge in [0, 0.05) is 5.54 Å². The summed E-state index contributed by atoms with van der Waals surface area (Å²) in [5.41, 5.74) is 10.1. The van der Waals surface area contributed by atoms with Crippen LogP contribution < -0.4 is 5.73 Å². The molecule has 0 saturated carbocycles. The normalized spacial score (nSPS) is 11.8. The maximum atomic E-state index is 6.04. The molecule has 0 spiro atoms. The van der Waals surface area contributed by atoms with Gasteiger partial charge in [-0.1, -0.05) is 30.7 Å². The van der Waals surface area contributed by atoms with Crippen LogP contribution in [-0.4, -0.2) is 5.54 Å². The molecular formula is C13H21N. The summed E-state index contributed by atoms with van der Waals surface area (Å²) in [4.78, 5) is 0. The molecule has 0 amide bonds. The van der Waals surface area contributed by atoms with E-state index in [0.717, 1.165) is 12.8 Å². The molecule has 0 aliphatic carbocycles. The smallest absolute Gasteiger partial charge is 0.0138 e. The van der Waals surface area contributed by atoms with Gasteiger partial charge in [-0.25, -0.2) is 0 Å². The Hall–Kier alpha value is -0.820. The molecule has 1 aromatic rings. The first-order valence-corrected chi connectivity index (χ1v) is 5.29. The molecule has 78 valence electrons. The van der Waals surface area contributed by atoms with Crippen molar-refractivity contribution in [3.8, 4) is 0 Å². The zero-order chi connectivity index (χ0) is 10.8. The first-order valence-electron chi connectivity index (χ1n) is 5.29. The molecule has 0 aliphatic rings. The molecule has 0 atom stereocenters. The van der Waals surface area contributed by atoms with Crippen LogP contribution in [0.3, 0.4) is 0 Å². The predicted octanol–water partition coefficient (Wildman–Crippen LogP) is 2.84. The fourth-order valence-corrected chi connectivity index (χ4v) is 1.76. The van der Waals surface area contributed by atoms with Crippen LogP contribution >= 0.6 is 0 Å². The van der Waals surface area contributed by atoms with Gasteiger partial charge in [0.25, 0.3) is 0 Å². The standard InChI is InChI=1S/C13H21N/c1-5-11-7-6-10(2)8-12(11)9-13(3,4)14/h6-8H,5,9,14H2,1-4H3. The summed E-state index contributed by atoms with van der Waals surface area (Å²) in [5, 5.41) is 0. The zero-order valence-corrected chi connectivity index (χ0v) is 9.72. The Labute approximate surface area is 87.3 Å². The Morgan fingerprint density at radius 1 is 1.21 bits per heavy atom. The summed E-state index contributed by atoms with van der Waals surface area (Å²) >= 11 is 0. The summed E-state index contributed by atoms with van der Waals surface area (Å²) in [6.07, 6.45) is 2.05. The second-order valence-corrected chi connectivity index (χ2v) is 4.79. The Morgan fingerprint density at radius 2 is 1.86 bits per heavy atom. The fraction of sp³-hybridized carbons (Fsp3) is 0.538. The van der Waals surface area contributed by atoms with E-state index in [0.29, 0.717) is 0 Å². The van der Waals surface area contributed by atoms with Gasteiger partial charge in [-0.05, 0) is 44.7 Å². The van der Waals surface area contributed by atoms with E-state index in [9.17, 15) is 0 Å². The molecule has 1 aromatic carbocycles. The molecule has 0 unspecified atom stereocenters. The van der Waals surface area contributed by atoms with Crippen molar-refractivity contribution in [3.63, 3.8) is 0 Å². The average molecular weight is 191 g/mol. The second-order valence-electron chi connectivity index (χ2n) is 4.79. The van der Waals surface area contributed by atoms with E-state index >= 15 is 0 Å². The fourth-order valence-electron chi connectivity index (χ4n) is 1.76. The topological polar surface area (TPSA) is 26.0 Å². The Kier molecular flexibility index (Phi) is 3.33.